The van der Waals surface area contributed by atoms with E-state index in [0.29, 0.717) is 5.92 Å². The van der Waals surface area contributed by atoms with E-state index in [2.05, 4.69) is 4.90 Å². The van der Waals surface area contributed by atoms with Gasteiger partial charge in [-0.25, -0.2) is 4.79 Å². The van der Waals surface area contributed by atoms with Gasteiger partial charge in [0.25, 0.3) is 0 Å². The lowest BCUT2D eigenvalue weighted by molar-refractivity contribution is 0.0296. The topological polar surface area (TPSA) is 53.0 Å². The third-order valence-corrected chi connectivity index (χ3v) is 4.43. The second kappa shape index (κ2) is 6.31. The summed E-state index contributed by atoms with van der Waals surface area (Å²) in [7, 11) is 0. The maximum atomic E-state index is 11.5. The molecule has 116 valence electrons. The molecule has 0 aromatic carbocycles. The highest BCUT2D eigenvalue weighted by Crippen LogP contribution is 2.33. The molecule has 0 spiro atoms. The van der Waals surface area contributed by atoms with Gasteiger partial charge in [0.15, 0.2) is 0 Å². The second-order valence-corrected chi connectivity index (χ2v) is 7.07. The third kappa shape index (κ3) is 3.85. The zero-order valence-corrected chi connectivity index (χ0v) is 13.0. The molecule has 1 aliphatic carbocycles. The Hall–Kier alpha value is -0.810. The number of nitrogens with zero attached hydrogens (tertiary/aromatic N) is 2. The van der Waals surface area contributed by atoms with E-state index >= 15 is 0 Å². The molecule has 2 rings (SSSR count). The van der Waals surface area contributed by atoms with Crippen molar-refractivity contribution in [3.05, 3.63) is 0 Å². The molecule has 0 unspecified atom stereocenters. The lowest BCUT2D eigenvalue weighted by Crippen LogP contribution is -2.50. The minimum atomic E-state index is -0.783. The summed E-state index contributed by atoms with van der Waals surface area (Å²) in [5, 5.41) is 9.48. The van der Waals surface area contributed by atoms with Crippen molar-refractivity contribution >= 4 is 6.09 Å². The Morgan fingerprint density at radius 3 is 2.50 bits per heavy atom. The summed E-state index contributed by atoms with van der Waals surface area (Å²) in [5.74, 6) is 0.627. The molecule has 20 heavy (non-hydrogen) atoms. The Morgan fingerprint density at radius 1 is 1.30 bits per heavy atom. The van der Waals surface area contributed by atoms with Gasteiger partial charge in [0.2, 0.25) is 0 Å². The van der Waals surface area contributed by atoms with Crippen molar-refractivity contribution in [2.75, 3.05) is 32.8 Å². The van der Waals surface area contributed by atoms with Gasteiger partial charge in [-0.3, -0.25) is 4.90 Å². The number of carbonyl (C=O) groups is 1. The highest BCUT2D eigenvalue weighted by atomic mass is 16.5. The summed E-state index contributed by atoms with van der Waals surface area (Å²) in [4.78, 5) is 15.6. The van der Waals surface area contributed by atoms with Crippen LogP contribution >= 0.6 is 0 Å². The summed E-state index contributed by atoms with van der Waals surface area (Å²) in [6.45, 7) is 10.7. The largest absolute Gasteiger partial charge is 0.465 e. The van der Waals surface area contributed by atoms with Crippen LogP contribution in [0.15, 0.2) is 0 Å². The first kappa shape index (κ1) is 15.6. The number of hydrogen-bond acceptors (Lipinski definition) is 3. The zero-order valence-electron chi connectivity index (χ0n) is 13.0. The molecule has 1 heterocycles. The molecular formula is C15H28N2O3. The molecule has 1 saturated heterocycles. The molecule has 0 aromatic rings. The maximum absolute atomic E-state index is 11.5. The zero-order chi connectivity index (χ0) is 14.8. The summed E-state index contributed by atoms with van der Waals surface area (Å²) >= 11 is 0. The fourth-order valence-electron chi connectivity index (χ4n) is 3.59. The van der Waals surface area contributed by atoms with Crippen molar-refractivity contribution in [3.63, 3.8) is 0 Å². The third-order valence-electron chi connectivity index (χ3n) is 4.43. The van der Waals surface area contributed by atoms with Gasteiger partial charge in [0.05, 0.1) is 13.2 Å². The number of morpholine rings is 1. The highest BCUT2D eigenvalue weighted by Gasteiger charge is 2.38. The Balaban J connectivity index is 1.88. The van der Waals surface area contributed by atoms with E-state index in [1.54, 1.807) is 4.90 Å². The molecule has 5 heteroatoms. The highest BCUT2D eigenvalue weighted by molar-refractivity contribution is 5.66. The number of carboxylic acid groups (broad SMARTS) is 1. The van der Waals surface area contributed by atoms with Crippen molar-refractivity contribution in [3.8, 4) is 0 Å². The maximum Gasteiger partial charge on any atom is 0.407 e. The molecule has 1 N–H and O–H groups in total. The minimum absolute atomic E-state index is 0.179. The van der Waals surface area contributed by atoms with E-state index in [9.17, 15) is 9.90 Å². The summed E-state index contributed by atoms with van der Waals surface area (Å²) in [6, 6.07) is 0.179. The van der Waals surface area contributed by atoms with Crippen LogP contribution in [0.4, 0.5) is 4.79 Å². The predicted molar refractivity (Wildman–Crippen MR) is 78.0 cm³/mol. The fourth-order valence-corrected chi connectivity index (χ4v) is 3.59. The van der Waals surface area contributed by atoms with E-state index < -0.39 is 6.09 Å². The molecular weight excluding hydrogens is 256 g/mol. The number of hydrogen-bond donors (Lipinski definition) is 1. The van der Waals surface area contributed by atoms with Gasteiger partial charge in [-0.15, -0.1) is 0 Å². The molecule has 0 radical (unpaired) electrons. The van der Waals surface area contributed by atoms with Crippen LogP contribution in [0.3, 0.4) is 0 Å². The van der Waals surface area contributed by atoms with Gasteiger partial charge in [-0.1, -0.05) is 0 Å². The van der Waals surface area contributed by atoms with Gasteiger partial charge in [-0.2, -0.15) is 0 Å². The minimum Gasteiger partial charge on any atom is -0.465 e. The van der Waals surface area contributed by atoms with E-state index in [0.717, 1.165) is 52.1 Å². The second-order valence-electron chi connectivity index (χ2n) is 7.07. The first-order valence-corrected chi connectivity index (χ1v) is 7.70. The molecule has 0 bridgehead atoms. The Kier molecular flexibility index (Phi) is 4.91. The van der Waals surface area contributed by atoms with Gasteiger partial charge in [-0.05, 0) is 46.0 Å². The lowest BCUT2D eigenvalue weighted by Gasteiger charge is -2.38. The van der Waals surface area contributed by atoms with Crippen molar-refractivity contribution in [2.24, 2.45) is 5.92 Å². The van der Waals surface area contributed by atoms with Crippen LogP contribution in [0.1, 0.15) is 40.0 Å². The molecule has 1 amide bonds. The summed E-state index contributed by atoms with van der Waals surface area (Å²) in [5.41, 5.74) is -0.315. The molecule has 1 aliphatic heterocycles. The van der Waals surface area contributed by atoms with Gasteiger partial charge in [0.1, 0.15) is 0 Å². The van der Waals surface area contributed by atoms with Crippen LogP contribution in [-0.2, 0) is 4.74 Å². The van der Waals surface area contributed by atoms with E-state index in [1.165, 1.54) is 0 Å². The molecule has 5 nitrogen and oxygen atoms in total. The summed E-state index contributed by atoms with van der Waals surface area (Å²) in [6.07, 6.45) is 2.36. The summed E-state index contributed by atoms with van der Waals surface area (Å²) < 4.78 is 5.37. The Bertz CT molecular complexity index is 335. The van der Waals surface area contributed by atoms with Crippen LogP contribution < -0.4 is 0 Å². The molecule has 0 aromatic heterocycles. The average molecular weight is 284 g/mol. The van der Waals surface area contributed by atoms with E-state index in [-0.39, 0.29) is 11.6 Å². The van der Waals surface area contributed by atoms with Crippen LogP contribution in [0.25, 0.3) is 0 Å². The van der Waals surface area contributed by atoms with Crippen molar-refractivity contribution in [1.29, 1.82) is 0 Å². The monoisotopic (exact) mass is 284 g/mol. The first-order chi connectivity index (χ1) is 9.38. The standard InChI is InChI=1S/C15H28N2O3/c1-15(2,3)17(14(18)19)13-5-4-12(10-13)11-16-6-8-20-9-7-16/h12-13H,4-11H2,1-3H3,(H,18,19)/t12-,13+/m0/s1. The van der Waals surface area contributed by atoms with Gasteiger partial charge < -0.3 is 14.7 Å². The van der Waals surface area contributed by atoms with Crippen LogP contribution in [0.5, 0.6) is 0 Å². The van der Waals surface area contributed by atoms with Crippen molar-refractivity contribution in [1.82, 2.24) is 9.80 Å². The fraction of sp³-hybridized carbons (Fsp3) is 0.933. The van der Waals surface area contributed by atoms with Gasteiger partial charge >= 0.3 is 6.09 Å². The molecule has 1 saturated carbocycles. The van der Waals surface area contributed by atoms with E-state index in [1.807, 2.05) is 20.8 Å². The molecule has 2 fully saturated rings. The quantitative estimate of drug-likeness (QED) is 0.864. The smallest absolute Gasteiger partial charge is 0.407 e. The van der Waals surface area contributed by atoms with Crippen LogP contribution in [0, 0.1) is 5.92 Å². The Labute approximate surface area is 121 Å². The first-order valence-electron chi connectivity index (χ1n) is 7.70. The normalized spacial score (nSPS) is 28.6. The number of amides is 1. The SMILES string of the molecule is CC(C)(C)N(C(=O)O)[C@@H]1CC[C@H](CN2CCOCC2)C1. The molecule has 2 atom stereocenters. The number of rotatable bonds is 3. The van der Waals surface area contributed by atoms with Crippen molar-refractivity contribution < 1.29 is 14.6 Å². The number of ether oxygens (including phenoxy) is 1. The predicted octanol–water partition coefficient (Wildman–Crippen LogP) is 2.27. The Morgan fingerprint density at radius 2 is 1.95 bits per heavy atom. The van der Waals surface area contributed by atoms with Gasteiger partial charge in [0, 0.05) is 31.2 Å². The van der Waals surface area contributed by atoms with Crippen LogP contribution in [-0.4, -0.2) is 65.4 Å². The molecule has 2 aliphatic rings. The van der Waals surface area contributed by atoms with E-state index in [4.69, 9.17) is 4.74 Å². The van der Waals surface area contributed by atoms with Crippen LogP contribution in [0.2, 0.25) is 0 Å². The lowest BCUT2D eigenvalue weighted by atomic mass is 10.0. The average Bonchev–Trinajstić information content (AvgIpc) is 2.76. The van der Waals surface area contributed by atoms with Crippen molar-refractivity contribution in [2.45, 2.75) is 51.6 Å².